The second kappa shape index (κ2) is 6.94. The molecule has 1 aliphatic carbocycles. The molecule has 1 amide bonds. The van der Waals surface area contributed by atoms with Crippen LogP contribution in [0.15, 0.2) is 12.3 Å². The first-order valence-electron chi connectivity index (χ1n) is 8.22. The number of rotatable bonds is 6. The Bertz CT molecular complexity index is 790. The van der Waals surface area contributed by atoms with E-state index in [1.807, 2.05) is 0 Å². The number of nitrogens with zero attached hydrogens (tertiary/aromatic N) is 5. The highest BCUT2D eigenvalue weighted by Gasteiger charge is 2.37. The van der Waals surface area contributed by atoms with E-state index < -0.39 is 11.9 Å². The number of amides is 1. The van der Waals surface area contributed by atoms with Gasteiger partial charge < -0.3 is 4.90 Å². The summed E-state index contributed by atoms with van der Waals surface area (Å²) in [6.45, 7) is 0.390. The number of carbonyl (C=O) groups is 1. The first-order valence-corrected chi connectivity index (χ1v) is 8.60. The van der Waals surface area contributed by atoms with Crippen LogP contribution in [0.25, 0.3) is 0 Å². The van der Waals surface area contributed by atoms with Crippen LogP contribution in [0.2, 0.25) is 5.02 Å². The average Bonchev–Trinajstić information content (AvgIpc) is 3.24. The first kappa shape index (κ1) is 18.8. The predicted octanol–water partition coefficient (Wildman–Crippen LogP) is 3.21. The number of hydrogen-bond donors (Lipinski definition) is 0. The average molecular weight is 390 g/mol. The van der Waals surface area contributed by atoms with Crippen molar-refractivity contribution in [1.82, 2.24) is 24.5 Å². The zero-order valence-corrected chi connectivity index (χ0v) is 15.2. The van der Waals surface area contributed by atoms with Gasteiger partial charge in [-0.2, -0.15) is 23.4 Å². The van der Waals surface area contributed by atoms with Crippen LogP contribution in [0.3, 0.4) is 0 Å². The summed E-state index contributed by atoms with van der Waals surface area (Å²) >= 11 is 6.03. The molecule has 0 spiro atoms. The SMILES string of the molecule is CN(Cc1c(Cl)cnn1C)C(=O)CCn1nc(C(F)(F)F)cc1C1CC1. The van der Waals surface area contributed by atoms with Crippen LogP contribution in [-0.4, -0.2) is 37.4 Å². The fraction of sp³-hybridized carbons (Fsp3) is 0.562. The van der Waals surface area contributed by atoms with Crippen LogP contribution < -0.4 is 0 Å². The van der Waals surface area contributed by atoms with Gasteiger partial charge >= 0.3 is 6.18 Å². The van der Waals surface area contributed by atoms with E-state index in [9.17, 15) is 18.0 Å². The second-order valence-electron chi connectivity index (χ2n) is 6.51. The molecule has 1 fully saturated rings. The zero-order valence-electron chi connectivity index (χ0n) is 14.4. The van der Waals surface area contributed by atoms with Gasteiger partial charge in [0, 0.05) is 38.7 Å². The number of carbonyl (C=O) groups excluding carboxylic acids is 1. The fourth-order valence-electron chi connectivity index (χ4n) is 2.78. The van der Waals surface area contributed by atoms with Crippen LogP contribution in [-0.2, 0) is 31.1 Å². The topological polar surface area (TPSA) is 56.0 Å². The van der Waals surface area contributed by atoms with Gasteiger partial charge in [-0.05, 0) is 18.9 Å². The molecule has 1 aliphatic rings. The molecule has 26 heavy (non-hydrogen) atoms. The lowest BCUT2D eigenvalue weighted by atomic mass is 10.2. The molecule has 0 aromatic carbocycles. The van der Waals surface area contributed by atoms with E-state index in [-0.39, 0.29) is 31.3 Å². The minimum Gasteiger partial charge on any atom is -0.340 e. The van der Waals surface area contributed by atoms with Crippen molar-refractivity contribution >= 4 is 17.5 Å². The van der Waals surface area contributed by atoms with Gasteiger partial charge in [-0.25, -0.2) is 0 Å². The zero-order chi connectivity index (χ0) is 19.1. The summed E-state index contributed by atoms with van der Waals surface area (Å²) in [5.74, 6) is -0.0900. The van der Waals surface area contributed by atoms with Gasteiger partial charge in [0.05, 0.1) is 23.5 Å². The van der Waals surface area contributed by atoms with Crippen molar-refractivity contribution in [2.75, 3.05) is 7.05 Å². The quantitative estimate of drug-likeness (QED) is 0.762. The minimum atomic E-state index is -4.48. The lowest BCUT2D eigenvalue weighted by Crippen LogP contribution is -2.28. The Morgan fingerprint density at radius 1 is 1.42 bits per heavy atom. The molecule has 0 saturated heterocycles. The van der Waals surface area contributed by atoms with Gasteiger partial charge in [0.2, 0.25) is 5.91 Å². The van der Waals surface area contributed by atoms with Crippen LogP contribution >= 0.6 is 11.6 Å². The van der Waals surface area contributed by atoms with Crippen molar-refractivity contribution in [3.8, 4) is 0 Å². The van der Waals surface area contributed by atoms with Gasteiger partial charge in [-0.3, -0.25) is 14.2 Å². The molecule has 0 aliphatic heterocycles. The maximum Gasteiger partial charge on any atom is 0.435 e. The van der Waals surface area contributed by atoms with Crippen molar-refractivity contribution < 1.29 is 18.0 Å². The lowest BCUT2D eigenvalue weighted by molar-refractivity contribution is -0.141. The third-order valence-corrected chi connectivity index (χ3v) is 4.77. The van der Waals surface area contributed by atoms with Gasteiger partial charge in [-0.1, -0.05) is 11.6 Å². The summed E-state index contributed by atoms with van der Waals surface area (Å²) in [6, 6.07) is 1.10. The summed E-state index contributed by atoms with van der Waals surface area (Å²) in [7, 11) is 3.35. The van der Waals surface area contributed by atoms with Gasteiger partial charge in [-0.15, -0.1) is 0 Å². The van der Waals surface area contributed by atoms with Crippen molar-refractivity contribution in [2.24, 2.45) is 7.05 Å². The molecule has 10 heteroatoms. The molecule has 2 aromatic rings. The molecule has 0 radical (unpaired) electrons. The van der Waals surface area contributed by atoms with E-state index in [2.05, 4.69) is 10.2 Å². The molecule has 3 rings (SSSR count). The second-order valence-corrected chi connectivity index (χ2v) is 6.92. The third-order valence-electron chi connectivity index (χ3n) is 4.46. The molecular formula is C16H19ClF3N5O. The maximum atomic E-state index is 12.9. The van der Waals surface area contributed by atoms with Crippen molar-refractivity contribution in [3.63, 3.8) is 0 Å². The summed E-state index contributed by atoms with van der Waals surface area (Å²) in [4.78, 5) is 13.8. The van der Waals surface area contributed by atoms with Crippen molar-refractivity contribution in [1.29, 1.82) is 0 Å². The molecule has 2 aromatic heterocycles. The normalized spacial score (nSPS) is 14.7. The van der Waals surface area contributed by atoms with Gasteiger partial charge in [0.25, 0.3) is 0 Å². The molecule has 0 atom stereocenters. The molecule has 0 bridgehead atoms. The highest BCUT2D eigenvalue weighted by Crippen LogP contribution is 2.42. The summed E-state index contributed by atoms with van der Waals surface area (Å²) < 4.78 is 41.6. The van der Waals surface area contributed by atoms with E-state index in [0.717, 1.165) is 18.9 Å². The fourth-order valence-corrected chi connectivity index (χ4v) is 3.00. The Balaban J connectivity index is 1.65. The van der Waals surface area contributed by atoms with E-state index in [0.29, 0.717) is 16.4 Å². The standard InChI is InChI=1S/C16H19ClF3N5O/c1-23(9-13-11(17)8-21-24(13)2)15(26)5-6-25-12(10-3-4-10)7-14(22-25)16(18,19)20/h7-8,10H,3-6,9H2,1-2H3. The van der Waals surface area contributed by atoms with E-state index in [4.69, 9.17) is 11.6 Å². The number of alkyl halides is 3. The van der Waals surface area contributed by atoms with E-state index in [1.54, 1.807) is 18.8 Å². The number of hydrogen-bond acceptors (Lipinski definition) is 3. The molecule has 142 valence electrons. The third kappa shape index (κ3) is 4.03. The highest BCUT2D eigenvalue weighted by atomic mass is 35.5. The highest BCUT2D eigenvalue weighted by molar-refractivity contribution is 6.31. The number of aryl methyl sites for hydroxylation is 2. The molecule has 6 nitrogen and oxygen atoms in total. The Kier molecular flexibility index (Phi) is 5.01. The van der Waals surface area contributed by atoms with Crippen LogP contribution in [0, 0.1) is 0 Å². The Hall–Kier alpha value is -2.03. The number of aromatic nitrogens is 4. The van der Waals surface area contributed by atoms with E-state index >= 15 is 0 Å². The molecule has 0 N–H and O–H groups in total. The monoisotopic (exact) mass is 389 g/mol. The van der Waals surface area contributed by atoms with Crippen LogP contribution in [0.4, 0.5) is 13.2 Å². The molecule has 0 unspecified atom stereocenters. The molecule has 2 heterocycles. The smallest absolute Gasteiger partial charge is 0.340 e. The Morgan fingerprint density at radius 2 is 2.12 bits per heavy atom. The molecule has 1 saturated carbocycles. The van der Waals surface area contributed by atoms with Crippen molar-refractivity contribution in [2.45, 2.75) is 44.4 Å². The van der Waals surface area contributed by atoms with E-state index in [1.165, 1.54) is 15.8 Å². The maximum absolute atomic E-state index is 12.9. The van der Waals surface area contributed by atoms with Crippen molar-refractivity contribution in [3.05, 3.63) is 34.4 Å². The number of halogens is 4. The Morgan fingerprint density at radius 3 is 2.65 bits per heavy atom. The summed E-state index contributed by atoms with van der Waals surface area (Å²) in [6.07, 6.45) is -1.21. The lowest BCUT2D eigenvalue weighted by Gasteiger charge is -2.18. The summed E-state index contributed by atoms with van der Waals surface area (Å²) in [5.41, 5.74) is 0.351. The predicted molar refractivity (Wildman–Crippen MR) is 88.5 cm³/mol. The van der Waals surface area contributed by atoms with Gasteiger partial charge in [0.15, 0.2) is 5.69 Å². The largest absolute Gasteiger partial charge is 0.435 e. The summed E-state index contributed by atoms with van der Waals surface area (Å²) in [5, 5.41) is 8.14. The first-order chi connectivity index (χ1) is 12.2. The van der Waals surface area contributed by atoms with Crippen LogP contribution in [0.5, 0.6) is 0 Å². The molecular weight excluding hydrogens is 371 g/mol. The minimum absolute atomic E-state index is 0.0602. The van der Waals surface area contributed by atoms with Crippen LogP contribution in [0.1, 0.15) is 42.3 Å². The Labute approximate surface area is 153 Å². The van der Waals surface area contributed by atoms with Gasteiger partial charge in [0.1, 0.15) is 0 Å².